The topological polar surface area (TPSA) is 72.6 Å². The van der Waals surface area contributed by atoms with Crippen LogP contribution < -0.4 is 10.5 Å². The predicted octanol–water partition coefficient (Wildman–Crippen LogP) is 1.13. The van der Waals surface area contributed by atoms with Gasteiger partial charge in [-0.3, -0.25) is 0 Å². The molecule has 0 bridgehead atoms. The summed E-state index contributed by atoms with van der Waals surface area (Å²) in [5.74, 6) is 0.450. The van der Waals surface area contributed by atoms with Crippen molar-refractivity contribution in [2.24, 2.45) is 5.73 Å². The molecule has 0 amide bonds. The van der Waals surface area contributed by atoms with E-state index in [0.717, 1.165) is 4.31 Å². The van der Waals surface area contributed by atoms with Gasteiger partial charge in [-0.15, -0.1) is 0 Å². The quantitative estimate of drug-likeness (QED) is 0.851. The van der Waals surface area contributed by atoms with Crippen molar-refractivity contribution in [3.05, 3.63) is 36.2 Å². The van der Waals surface area contributed by atoms with Crippen LogP contribution in [0.2, 0.25) is 0 Å². The molecule has 0 radical (unpaired) electrons. The van der Waals surface area contributed by atoms with Crippen LogP contribution in [-0.4, -0.2) is 40.0 Å². The van der Waals surface area contributed by atoms with Crippen molar-refractivity contribution in [3.63, 3.8) is 0 Å². The molecule has 1 aromatic rings. The Labute approximate surface area is 112 Å². The second kappa shape index (κ2) is 6.65. The molecule has 0 heterocycles. The molecule has 0 atom stereocenters. The van der Waals surface area contributed by atoms with E-state index in [1.54, 1.807) is 0 Å². The Morgan fingerprint density at radius 3 is 2.37 bits per heavy atom. The minimum atomic E-state index is -3.45. The second-order valence-corrected chi connectivity index (χ2v) is 6.17. The molecule has 5 nitrogen and oxygen atoms in total. The van der Waals surface area contributed by atoms with Crippen molar-refractivity contribution in [1.82, 2.24) is 4.31 Å². The molecule has 0 aliphatic carbocycles. The van der Waals surface area contributed by atoms with Gasteiger partial charge in [0.25, 0.3) is 0 Å². The summed E-state index contributed by atoms with van der Waals surface area (Å²) < 4.78 is 42.3. The minimum absolute atomic E-state index is 0.0345. The van der Waals surface area contributed by atoms with Gasteiger partial charge in [-0.05, 0) is 24.3 Å². The Bertz CT molecular complexity index is 539. The average molecular weight is 288 g/mol. The highest BCUT2D eigenvalue weighted by Gasteiger charge is 2.16. The van der Waals surface area contributed by atoms with Gasteiger partial charge in [0, 0.05) is 26.2 Å². The third-order valence-electron chi connectivity index (χ3n) is 2.44. The molecule has 1 aromatic carbocycles. The molecule has 2 N–H and O–H groups in total. The molecule has 0 fully saturated rings. The molecular weight excluding hydrogens is 271 g/mol. The van der Waals surface area contributed by atoms with Crippen LogP contribution in [0.1, 0.15) is 0 Å². The molecule has 0 saturated carbocycles. The van der Waals surface area contributed by atoms with Crippen molar-refractivity contribution in [3.8, 4) is 5.75 Å². The second-order valence-electron chi connectivity index (χ2n) is 4.02. The normalized spacial score (nSPS) is 12.8. The van der Waals surface area contributed by atoms with Gasteiger partial charge in [0.1, 0.15) is 12.4 Å². The Balaban J connectivity index is 2.78. The lowest BCUT2D eigenvalue weighted by Gasteiger charge is -2.12. The molecule has 0 aromatic heterocycles. The van der Waals surface area contributed by atoms with Gasteiger partial charge in [0.15, 0.2) is 0 Å². The maximum absolute atomic E-state index is 12.3. The lowest BCUT2D eigenvalue weighted by Crippen LogP contribution is -2.22. The molecule has 0 aliphatic heterocycles. The Hall–Kier alpha value is -1.44. The lowest BCUT2D eigenvalue weighted by molar-refractivity contribution is 0.347. The maximum Gasteiger partial charge on any atom is 0.242 e. The Kier molecular flexibility index (Phi) is 5.46. The molecule has 7 heteroatoms. The summed E-state index contributed by atoms with van der Waals surface area (Å²) in [4.78, 5) is 0.171. The fourth-order valence-electron chi connectivity index (χ4n) is 1.23. The van der Waals surface area contributed by atoms with E-state index >= 15 is 0 Å². The predicted molar refractivity (Wildman–Crippen MR) is 71.1 cm³/mol. The largest absolute Gasteiger partial charge is 0.489 e. The number of nitrogens with two attached hydrogens (primary N) is 1. The number of ether oxygens (including phenoxy) is 1. The summed E-state index contributed by atoms with van der Waals surface area (Å²) in [7, 11) is -0.533. The number of hydrogen-bond donors (Lipinski definition) is 1. The van der Waals surface area contributed by atoms with Crippen molar-refractivity contribution < 1.29 is 17.5 Å². The van der Waals surface area contributed by atoms with Gasteiger partial charge < -0.3 is 10.5 Å². The van der Waals surface area contributed by atoms with Gasteiger partial charge in [-0.1, -0.05) is 0 Å². The van der Waals surface area contributed by atoms with E-state index in [2.05, 4.69) is 0 Å². The van der Waals surface area contributed by atoms with Gasteiger partial charge in [0.05, 0.1) is 11.2 Å². The summed E-state index contributed by atoms with van der Waals surface area (Å²) in [5.41, 5.74) is 5.61. The zero-order chi connectivity index (χ0) is 14.5. The molecule has 0 aliphatic rings. The maximum atomic E-state index is 12.3. The van der Waals surface area contributed by atoms with Crippen LogP contribution in [0.3, 0.4) is 0 Å². The molecule has 0 unspecified atom stereocenters. The van der Waals surface area contributed by atoms with Crippen molar-refractivity contribution in [1.29, 1.82) is 0 Å². The van der Waals surface area contributed by atoms with Crippen LogP contribution in [0.4, 0.5) is 4.39 Å². The van der Waals surface area contributed by atoms with E-state index in [0.29, 0.717) is 17.7 Å². The van der Waals surface area contributed by atoms with Crippen molar-refractivity contribution in [2.75, 3.05) is 27.2 Å². The molecule has 1 rings (SSSR count). The van der Waals surface area contributed by atoms with E-state index in [1.807, 2.05) is 0 Å². The van der Waals surface area contributed by atoms with Crippen LogP contribution in [-0.2, 0) is 10.0 Å². The van der Waals surface area contributed by atoms with E-state index in [1.165, 1.54) is 38.4 Å². The standard InChI is InChI=1S/C12H17FN2O3S/c1-15(2)19(16,17)12-5-3-11(4-6-12)18-9-10(7-13)8-14/h3-7H,8-9,14H2,1-2H3. The van der Waals surface area contributed by atoms with Crippen LogP contribution in [0.5, 0.6) is 5.75 Å². The fourth-order valence-corrected chi connectivity index (χ4v) is 2.13. The Morgan fingerprint density at radius 2 is 1.95 bits per heavy atom. The third-order valence-corrected chi connectivity index (χ3v) is 4.27. The van der Waals surface area contributed by atoms with E-state index in [4.69, 9.17) is 10.5 Å². The van der Waals surface area contributed by atoms with Crippen LogP contribution in [0.25, 0.3) is 0 Å². The summed E-state index contributed by atoms with van der Waals surface area (Å²) >= 11 is 0. The van der Waals surface area contributed by atoms with Crippen LogP contribution >= 0.6 is 0 Å². The highest BCUT2D eigenvalue weighted by molar-refractivity contribution is 7.89. The summed E-state index contributed by atoms with van der Waals surface area (Å²) in [6.07, 6.45) is 0.408. The summed E-state index contributed by atoms with van der Waals surface area (Å²) in [6, 6.07) is 5.91. The average Bonchev–Trinajstić information content (AvgIpc) is 2.40. The van der Waals surface area contributed by atoms with Gasteiger partial charge in [0.2, 0.25) is 10.0 Å². The number of sulfonamides is 1. The zero-order valence-corrected chi connectivity index (χ0v) is 11.7. The van der Waals surface area contributed by atoms with Crippen molar-refractivity contribution in [2.45, 2.75) is 4.90 Å². The first-order valence-corrected chi connectivity index (χ1v) is 6.99. The third kappa shape index (κ3) is 4.02. The summed E-state index contributed by atoms with van der Waals surface area (Å²) in [6.45, 7) is 0.108. The number of rotatable bonds is 6. The molecule has 19 heavy (non-hydrogen) atoms. The van der Waals surface area contributed by atoms with Gasteiger partial charge in [-0.2, -0.15) is 0 Å². The van der Waals surface area contributed by atoms with Gasteiger partial charge >= 0.3 is 0 Å². The number of halogens is 1. The number of nitrogens with zero attached hydrogens (tertiary/aromatic N) is 1. The van der Waals surface area contributed by atoms with E-state index in [-0.39, 0.29) is 18.0 Å². The molecule has 0 spiro atoms. The van der Waals surface area contributed by atoms with Crippen molar-refractivity contribution >= 4 is 10.0 Å². The van der Waals surface area contributed by atoms with E-state index in [9.17, 15) is 12.8 Å². The number of hydrogen-bond acceptors (Lipinski definition) is 4. The number of benzene rings is 1. The van der Waals surface area contributed by atoms with Gasteiger partial charge in [-0.25, -0.2) is 17.1 Å². The first kappa shape index (κ1) is 15.6. The Morgan fingerprint density at radius 1 is 1.37 bits per heavy atom. The van der Waals surface area contributed by atoms with Crippen LogP contribution in [0.15, 0.2) is 41.1 Å². The first-order chi connectivity index (χ1) is 8.91. The highest BCUT2D eigenvalue weighted by atomic mass is 32.2. The molecule has 106 valence electrons. The minimum Gasteiger partial charge on any atom is -0.489 e. The highest BCUT2D eigenvalue weighted by Crippen LogP contribution is 2.18. The zero-order valence-electron chi connectivity index (χ0n) is 10.8. The lowest BCUT2D eigenvalue weighted by atomic mass is 10.3. The smallest absolute Gasteiger partial charge is 0.242 e. The molecular formula is C12H17FN2O3S. The van der Waals surface area contributed by atoms with E-state index < -0.39 is 10.0 Å². The monoisotopic (exact) mass is 288 g/mol. The SMILES string of the molecule is CN(C)S(=O)(=O)c1ccc(OCC(=CF)CN)cc1. The summed E-state index contributed by atoms with van der Waals surface area (Å²) in [5, 5.41) is 0. The van der Waals surface area contributed by atoms with Crippen LogP contribution in [0, 0.1) is 0 Å². The molecule has 0 saturated heterocycles. The fraction of sp³-hybridized carbons (Fsp3) is 0.333. The first-order valence-electron chi connectivity index (χ1n) is 5.55.